The molecule has 0 bridgehead atoms. The number of halogens is 4. The van der Waals surface area contributed by atoms with Gasteiger partial charge in [-0.25, -0.2) is 9.79 Å². The van der Waals surface area contributed by atoms with Crippen molar-refractivity contribution in [2.45, 2.75) is 6.92 Å². The van der Waals surface area contributed by atoms with E-state index in [2.05, 4.69) is 59.4 Å². The van der Waals surface area contributed by atoms with Gasteiger partial charge in [0.2, 0.25) is 5.90 Å². The molecule has 4 nitrogen and oxygen atoms in total. The van der Waals surface area contributed by atoms with Gasteiger partial charge in [-0.15, -0.1) is 0 Å². The summed E-state index contributed by atoms with van der Waals surface area (Å²) in [5.74, 6) is 0.392. The van der Waals surface area contributed by atoms with Crippen molar-refractivity contribution < 1.29 is 14.3 Å². The van der Waals surface area contributed by atoms with Crippen LogP contribution in [-0.2, 0) is 9.53 Å². The quantitative estimate of drug-likeness (QED) is 0.235. The van der Waals surface area contributed by atoms with Crippen LogP contribution in [0.1, 0.15) is 18.1 Å². The maximum atomic E-state index is 12.2. The molecule has 0 amide bonds. The first-order chi connectivity index (χ1) is 12.4. The molecule has 0 aromatic heterocycles. The summed E-state index contributed by atoms with van der Waals surface area (Å²) in [5.41, 5.74) is 1.57. The summed E-state index contributed by atoms with van der Waals surface area (Å²) in [6.07, 6.45) is 1.66. The minimum Gasteiger partial charge on any atom is -0.492 e. The zero-order valence-corrected chi connectivity index (χ0v) is 19.4. The second-order valence-corrected chi connectivity index (χ2v) is 8.57. The fourth-order valence-electron chi connectivity index (χ4n) is 2.29. The normalized spacial score (nSPS) is 15.2. The summed E-state index contributed by atoms with van der Waals surface area (Å²) < 4.78 is 13.4. The van der Waals surface area contributed by atoms with Crippen molar-refractivity contribution in [3.8, 4) is 5.75 Å². The molecule has 3 rings (SSSR count). The van der Waals surface area contributed by atoms with E-state index in [0.29, 0.717) is 22.9 Å². The molecule has 0 saturated heterocycles. The Kier molecular flexibility index (Phi) is 6.42. The van der Waals surface area contributed by atoms with Crippen LogP contribution in [0.15, 0.2) is 50.0 Å². The first-order valence-electron chi connectivity index (χ1n) is 7.49. The third-order valence-electron chi connectivity index (χ3n) is 3.39. The molecule has 0 radical (unpaired) electrons. The monoisotopic (exact) mass is 609 g/mol. The Morgan fingerprint density at radius 1 is 1.27 bits per heavy atom. The number of aliphatic imine (C=N–C) groups is 1. The van der Waals surface area contributed by atoms with Gasteiger partial charge in [0.1, 0.15) is 5.75 Å². The summed E-state index contributed by atoms with van der Waals surface area (Å²) in [5, 5.41) is 0.477. The van der Waals surface area contributed by atoms with Crippen LogP contribution < -0.4 is 4.74 Å². The molecule has 134 valence electrons. The van der Waals surface area contributed by atoms with Crippen LogP contribution >= 0.6 is 66.1 Å². The minimum absolute atomic E-state index is 0.203. The Morgan fingerprint density at radius 2 is 1.96 bits per heavy atom. The highest BCUT2D eigenvalue weighted by Crippen LogP contribution is 2.36. The van der Waals surface area contributed by atoms with E-state index in [1.165, 1.54) is 0 Å². The molecule has 26 heavy (non-hydrogen) atoms. The molecule has 0 unspecified atom stereocenters. The predicted octanol–water partition coefficient (Wildman–Crippen LogP) is 6.21. The van der Waals surface area contributed by atoms with Crippen molar-refractivity contribution in [2.24, 2.45) is 4.99 Å². The number of benzene rings is 2. The van der Waals surface area contributed by atoms with Gasteiger partial charge < -0.3 is 9.47 Å². The molecule has 0 spiro atoms. The van der Waals surface area contributed by atoms with Gasteiger partial charge in [0.25, 0.3) is 0 Å². The molecule has 1 heterocycles. The van der Waals surface area contributed by atoms with Gasteiger partial charge in [-0.05, 0) is 103 Å². The van der Waals surface area contributed by atoms with Crippen LogP contribution in [0.5, 0.6) is 5.75 Å². The van der Waals surface area contributed by atoms with Gasteiger partial charge in [-0.3, -0.25) is 0 Å². The maximum Gasteiger partial charge on any atom is 0.363 e. The van der Waals surface area contributed by atoms with E-state index in [1.54, 1.807) is 12.1 Å². The average molecular weight is 611 g/mol. The van der Waals surface area contributed by atoms with Crippen molar-refractivity contribution in [1.29, 1.82) is 0 Å². The zero-order chi connectivity index (χ0) is 18.8. The van der Waals surface area contributed by atoms with Crippen LogP contribution in [-0.4, -0.2) is 18.5 Å². The van der Waals surface area contributed by atoms with Gasteiger partial charge in [0.15, 0.2) is 5.70 Å². The average Bonchev–Trinajstić information content (AvgIpc) is 2.94. The van der Waals surface area contributed by atoms with Crippen molar-refractivity contribution in [3.05, 3.63) is 64.7 Å². The number of carbonyl (C=O) groups excluding carboxylic acids is 1. The van der Waals surface area contributed by atoms with Gasteiger partial charge in [0.05, 0.1) is 26.1 Å². The van der Waals surface area contributed by atoms with Gasteiger partial charge in [-0.1, -0.05) is 11.6 Å². The molecule has 0 aliphatic carbocycles. The lowest BCUT2D eigenvalue weighted by Gasteiger charge is -2.09. The van der Waals surface area contributed by atoms with E-state index in [-0.39, 0.29) is 11.6 Å². The lowest BCUT2D eigenvalue weighted by molar-refractivity contribution is -0.129. The van der Waals surface area contributed by atoms with Crippen molar-refractivity contribution in [3.63, 3.8) is 0 Å². The van der Waals surface area contributed by atoms with E-state index in [1.807, 2.05) is 31.2 Å². The lowest BCUT2D eigenvalue weighted by Crippen LogP contribution is -2.06. The largest absolute Gasteiger partial charge is 0.492 e. The van der Waals surface area contributed by atoms with Crippen LogP contribution in [0.25, 0.3) is 6.08 Å². The fraction of sp³-hybridized carbons (Fsp3) is 0.111. The molecule has 0 N–H and O–H groups in total. The smallest absolute Gasteiger partial charge is 0.363 e. The molecule has 1 aliphatic rings. The molecule has 0 atom stereocenters. The highest BCUT2D eigenvalue weighted by atomic mass is 127. The number of nitrogens with zero attached hydrogens (tertiary/aromatic N) is 1. The Bertz CT molecular complexity index is 936. The molecule has 0 saturated carbocycles. The molecule has 2 aromatic rings. The van der Waals surface area contributed by atoms with E-state index in [4.69, 9.17) is 21.1 Å². The van der Waals surface area contributed by atoms with Crippen LogP contribution in [0.3, 0.4) is 0 Å². The molecular formula is C18H11Br2ClINO3. The fourth-order valence-corrected chi connectivity index (χ4v) is 4.43. The molecule has 2 aromatic carbocycles. The first kappa shape index (κ1) is 19.9. The van der Waals surface area contributed by atoms with Crippen LogP contribution in [0, 0.1) is 3.57 Å². The number of cyclic esters (lactones) is 1. The zero-order valence-electron chi connectivity index (χ0n) is 13.4. The Morgan fingerprint density at radius 3 is 2.62 bits per heavy atom. The van der Waals surface area contributed by atoms with Gasteiger partial charge in [0, 0.05) is 3.57 Å². The van der Waals surface area contributed by atoms with Gasteiger partial charge >= 0.3 is 5.97 Å². The Balaban J connectivity index is 1.98. The molecule has 8 heteroatoms. The minimum atomic E-state index is -0.518. The van der Waals surface area contributed by atoms with E-state index < -0.39 is 5.97 Å². The van der Waals surface area contributed by atoms with Gasteiger partial charge in [-0.2, -0.15) is 0 Å². The van der Waals surface area contributed by atoms with E-state index in [9.17, 15) is 4.79 Å². The lowest BCUT2D eigenvalue weighted by atomic mass is 10.2. The highest BCUT2D eigenvalue weighted by molar-refractivity contribution is 14.1. The SMILES string of the molecule is CCOc1c(Br)cc(/C=C2/N=C(c3cc(I)ccc3Cl)OC2=O)cc1Br. The van der Waals surface area contributed by atoms with Crippen molar-refractivity contribution >= 4 is 84.0 Å². The summed E-state index contributed by atoms with van der Waals surface area (Å²) in [7, 11) is 0. The molecule has 0 fully saturated rings. The highest BCUT2D eigenvalue weighted by Gasteiger charge is 2.26. The second kappa shape index (κ2) is 8.41. The van der Waals surface area contributed by atoms with Crippen molar-refractivity contribution in [2.75, 3.05) is 6.61 Å². The Hall–Kier alpha value is -0.900. The number of carbonyl (C=O) groups is 1. The number of esters is 1. The Labute approximate surface area is 186 Å². The van der Waals surface area contributed by atoms with Crippen LogP contribution in [0.4, 0.5) is 0 Å². The van der Waals surface area contributed by atoms with E-state index >= 15 is 0 Å². The summed E-state index contributed by atoms with van der Waals surface area (Å²) in [4.78, 5) is 16.5. The van der Waals surface area contributed by atoms with E-state index in [0.717, 1.165) is 18.1 Å². The summed E-state index contributed by atoms with van der Waals surface area (Å²) in [6.45, 7) is 2.46. The number of hydrogen-bond donors (Lipinski definition) is 0. The number of rotatable bonds is 4. The van der Waals surface area contributed by atoms with Crippen LogP contribution in [0.2, 0.25) is 5.02 Å². The second-order valence-electron chi connectivity index (χ2n) is 5.21. The summed E-state index contributed by atoms with van der Waals surface area (Å²) in [6, 6.07) is 9.14. The third-order valence-corrected chi connectivity index (χ3v) is 5.57. The number of ether oxygens (including phenoxy) is 2. The van der Waals surface area contributed by atoms with Crippen molar-refractivity contribution in [1.82, 2.24) is 0 Å². The molecular weight excluding hydrogens is 600 g/mol. The maximum absolute atomic E-state index is 12.2. The molecule has 1 aliphatic heterocycles. The standard InChI is InChI=1S/C18H11Br2ClINO3/c1-2-25-16-12(19)5-9(6-13(16)20)7-15-18(24)26-17(23-15)11-8-10(22)3-4-14(11)21/h3-8H,2H2,1H3/b15-7+. The predicted molar refractivity (Wildman–Crippen MR) is 118 cm³/mol. The third kappa shape index (κ3) is 4.32. The summed E-state index contributed by atoms with van der Waals surface area (Å²) >= 11 is 15.3. The first-order valence-corrected chi connectivity index (χ1v) is 10.5. The topological polar surface area (TPSA) is 47.9 Å². The number of hydrogen-bond acceptors (Lipinski definition) is 4.